The van der Waals surface area contributed by atoms with Crippen LogP contribution in [0.5, 0.6) is 0 Å². The Morgan fingerprint density at radius 2 is 2.11 bits per heavy atom. The van der Waals surface area contributed by atoms with Gasteiger partial charge in [0.25, 0.3) is 0 Å². The molecule has 1 N–H and O–H groups in total. The van der Waals surface area contributed by atoms with Gasteiger partial charge in [0.05, 0.1) is 17.9 Å². The van der Waals surface area contributed by atoms with Crippen LogP contribution in [0.15, 0.2) is 0 Å². The number of hydrogen-bond acceptors (Lipinski definition) is 3. The zero-order chi connectivity index (χ0) is 13.7. The molecule has 2 rings (SSSR count). The number of piperidine rings is 1. The van der Waals surface area contributed by atoms with Crippen LogP contribution in [-0.2, 0) is 4.79 Å². The van der Waals surface area contributed by atoms with Crippen LogP contribution >= 0.6 is 0 Å². The van der Waals surface area contributed by atoms with Gasteiger partial charge in [-0.1, -0.05) is 13.3 Å². The van der Waals surface area contributed by atoms with Gasteiger partial charge in [0.2, 0.25) is 5.91 Å². The van der Waals surface area contributed by atoms with Crippen LogP contribution in [0.3, 0.4) is 0 Å². The highest BCUT2D eigenvalue weighted by Crippen LogP contribution is 2.39. The van der Waals surface area contributed by atoms with Crippen LogP contribution in [0, 0.1) is 16.7 Å². The van der Waals surface area contributed by atoms with Crippen LogP contribution in [0.1, 0.15) is 51.9 Å². The molecule has 1 amide bonds. The van der Waals surface area contributed by atoms with E-state index in [2.05, 4.69) is 18.3 Å². The second kappa shape index (κ2) is 6.38. The Kier molecular flexibility index (Phi) is 4.81. The number of carbonyl (C=O) groups excluding carboxylic acids is 1. The molecule has 0 aromatic carbocycles. The molecule has 1 saturated heterocycles. The summed E-state index contributed by atoms with van der Waals surface area (Å²) in [5, 5.41) is 12.1. The minimum absolute atomic E-state index is 0.155. The molecular formula is C15H25N3O. The van der Waals surface area contributed by atoms with Crippen molar-refractivity contribution >= 4 is 5.91 Å². The van der Waals surface area contributed by atoms with Crippen LogP contribution in [0.2, 0.25) is 0 Å². The molecule has 0 aromatic rings. The Bertz CT molecular complexity index is 345. The summed E-state index contributed by atoms with van der Waals surface area (Å²) in [6.07, 6.45) is 6.66. The van der Waals surface area contributed by atoms with E-state index in [0.29, 0.717) is 24.9 Å². The highest BCUT2D eigenvalue weighted by atomic mass is 16.2. The largest absolute Gasteiger partial charge is 0.338 e. The number of nitrogens with one attached hydrogen (secondary N) is 1. The molecule has 0 atom stereocenters. The van der Waals surface area contributed by atoms with Crippen LogP contribution in [0.4, 0.5) is 0 Å². The molecular weight excluding hydrogens is 238 g/mol. The van der Waals surface area contributed by atoms with Crippen molar-refractivity contribution in [2.45, 2.75) is 57.9 Å². The summed E-state index contributed by atoms with van der Waals surface area (Å²) >= 11 is 0. The van der Waals surface area contributed by atoms with E-state index in [-0.39, 0.29) is 5.41 Å². The van der Waals surface area contributed by atoms with E-state index in [1.165, 1.54) is 0 Å². The highest BCUT2D eigenvalue weighted by Gasteiger charge is 2.44. The van der Waals surface area contributed by atoms with E-state index in [4.69, 9.17) is 5.26 Å². The molecule has 1 aliphatic heterocycles. The smallest absolute Gasteiger partial charge is 0.229 e. The number of carbonyl (C=O) groups is 1. The first-order chi connectivity index (χ1) is 9.23. The first-order valence-corrected chi connectivity index (χ1v) is 7.62. The third-order valence-corrected chi connectivity index (χ3v) is 4.46. The number of hydrogen-bond donors (Lipinski definition) is 1. The van der Waals surface area contributed by atoms with Gasteiger partial charge in [-0.25, -0.2) is 0 Å². The molecule has 106 valence electrons. The number of amides is 1. The standard InChI is InChI=1S/C15H25N3O/c1-2-6-15(7-10-17-11-8-15)14(19)18(12-3-9-16)13-4-5-13/h13,17H,2-8,10-12H2,1H3. The third-order valence-electron chi connectivity index (χ3n) is 4.46. The Hall–Kier alpha value is -1.08. The summed E-state index contributed by atoms with van der Waals surface area (Å²) in [6.45, 7) is 4.68. The van der Waals surface area contributed by atoms with E-state index in [1.807, 2.05) is 4.90 Å². The van der Waals surface area contributed by atoms with Gasteiger partial charge in [-0.2, -0.15) is 5.26 Å². The van der Waals surface area contributed by atoms with E-state index in [0.717, 1.165) is 51.6 Å². The van der Waals surface area contributed by atoms with Gasteiger partial charge in [-0.05, 0) is 45.2 Å². The van der Waals surface area contributed by atoms with E-state index in [9.17, 15) is 4.79 Å². The van der Waals surface area contributed by atoms with Crippen LogP contribution in [0.25, 0.3) is 0 Å². The fraction of sp³-hybridized carbons (Fsp3) is 0.867. The van der Waals surface area contributed by atoms with Gasteiger partial charge < -0.3 is 10.2 Å². The second-order valence-corrected chi connectivity index (χ2v) is 5.92. The topological polar surface area (TPSA) is 56.1 Å². The van der Waals surface area contributed by atoms with Gasteiger partial charge in [0.1, 0.15) is 0 Å². The minimum atomic E-state index is -0.155. The summed E-state index contributed by atoms with van der Waals surface area (Å²) in [7, 11) is 0. The average Bonchev–Trinajstić information content (AvgIpc) is 3.25. The number of rotatable bonds is 6. The number of nitrogens with zero attached hydrogens (tertiary/aromatic N) is 2. The monoisotopic (exact) mass is 263 g/mol. The lowest BCUT2D eigenvalue weighted by molar-refractivity contribution is -0.145. The van der Waals surface area contributed by atoms with Gasteiger partial charge in [-0.3, -0.25) is 4.79 Å². The van der Waals surface area contributed by atoms with Crippen molar-refractivity contribution in [2.75, 3.05) is 19.6 Å². The molecule has 2 fully saturated rings. The van der Waals surface area contributed by atoms with Crippen molar-refractivity contribution in [1.82, 2.24) is 10.2 Å². The molecule has 0 radical (unpaired) electrons. The molecule has 2 aliphatic rings. The van der Waals surface area contributed by atoms with E-state index < -0.39 is 0 Å². The third kappa shape index (κ3) is 3.27. The van der Waals surface area contributed by atoms with Crippen LogP contribution in [-0.4, -0.2) is 36.5 Å². The predicted molar refractivity (Wildman–Crippen MR) is 74.4 cm³/mol. The van der Waals surface area contributed by atoms with E-state index >= 15 is 0 Å². The maximum Gasteiger partial charge on any atom is 0.229 e. The van der Waals surface area contributed by atoms with Gasteiger partial charge >= 0.3 is 0 Å². The minimum Gasteiger partial charge on any atom is -0.338 e. The summed E-state index contributed by atoms with van der Waals surface area (Å²) < 4.78 is 0. The molecule has 0 bridgehead atoms. The molecule has 0 spiro atoms. The molecule has 0 unspecified atom stereocenters. The molecule has 4 heteroatoms. The lowest BCUT2D eigenvalue weighted by Gasteiger charge is -2.40. The van der Waals surface area contributed by atoms with Crippen molar-refractivity contribution in [1.29, 1.82) is 5.26 Å². The van der Waals surface area contributed by atoms with E-state index in [1.54, 1.807) is 0 Å². The van der Waals surface area contributed by atoms with Crippen molar-refractivity contribution in [3.8, 4) is 6.07 Å². The zero-order valence-corrected chi connectivity index (χ0v) is 12.0. The summed E-state index contributed by atoms with van der Waals surface area (Å²) in [6, 6.07) is 2.60. The fourth-order valence-electron chi connectivity index (χ4n) is 3.27. The van der Waals surface area contributed by atoms with Crippen LogP contribution < -0.4 is 5.32 Å². The van der Waals surface area contributed by atoms with Crippen molar-refractivity contribution in [3.63, 3.8) is 0 Å². The zero-order valence-electron chi connectivity index (χ0n) is 12.0. The maximum absolute atomic E-state index is 13.0. The summed E-state index contributed by atoms with van der Waals surface area (Å²) in [4.78, 5) is 15.0. The quantitative estimate of drug-likeness (QED) is 0.798. The lowest BCUT2D eigenvalue weighted by atomic mass is 9.74. The second-order valence-electron chi connectivity index (χ2n) is 5.92. The van der Waals surface area contributed by atoms with Crippen molar-refractivity contribution in [2.24, 2.45) is 5.41 Å². The first-order valence-electron chi connectivity index (χ1n) is 7.62. The Labute approximate surface area is 116 Å². The summed E-state index contributed by atoms with van der Waals surface area (Å²) in [5.74, 6) is 0.327. The SMILES string of the molecule is CCCC1(C(=O)N(CCC#N)C2CC2)CCNCC1. The van der Waals surface area contributed by atoms with Crippen molar-refractivity contribution < 1.29 is 4.79 Å². The molecule has 0 aromatic heterocycles. The Morgan fingerprint density at radius 1 is 1.42 bits per heavy atom. The Balaban J connectivity index is 2.09. The first kappa shape index (κ1) is 14.3. The normalized spacial score (nSPS) is 21.7. The fourth-order valence-corrected chi connectivity index (χ4v) is 3.27. The highest BCUT2D eigenvalue weighted by molar-refractivity contribution is 5.83. The number of nitriles is 1. The molecule has 1 aliphatic carbocycles. The maximum atomic E-state index is 13.0. The average molecular weight is 263 g/mol. The lowest BCUT2D eigenvalue weighted by Crippen LogP contribution is -2.50. The van der Waals surface area contributed by atoms with Crippen molar-refractivity contribution in [3.05, 3.63) is 0 Å². The molecule has 19 heavy (non-hydrogen) atoms. The predicted octanol–water partition coefficient (Wildman–Crippen LogP) is 2.06. The Morgan fingerprint density at radius 3 is 2.63 bits per heavy atom. The molecule has 4 nitrogen and oxygen atoms in total. The summed E-state index contributed by atoms with van der Waals surface area (Å²) in [5.41, 5.74) is -0.155. The van der Waals surface area contributed by atoms with Gasteiger partial charge in [-0.15, -0.1) is 0 Å². The molecule has 1 heterocycles. The van der Waals surface area contributed by atoms with Gasteiger partial charge in [0.15, 0.2) is 0 Å². The van der Waals surface area contributed by atoms with Gasteiger partial charge in [0, 0.05) is 12.6 Å². The molecule has 1 saturated carbocycles.